The Morgan fingerprint density at radius 3 is 2.52 bits per heavy atom. The third-order valence-corrected chi connectivity index (χ3v) is 5.17. The van der Waals surface area contributed by atoms with Crippen molar-refractivity contribution < 1.29 is 24.0 Å². The van der Waals surface area contributed by atoms with Gasteiger partial charge in [0, 0.05) is 17.7 Å². The molecule has 0 unspecified atom stereocenters. The number of non-ortho nitro benzene ring substituents is 1. The molecule has 4 rings (SSSR count). The fourth-order valence-corrected chi connectivity index (χ4v) is 3.63. The lowest BCUT2D eigenvalue weighted by Gasteiger charge is -2.24. The number of aliphatic hydroxyl groups excluding tert-OH is 1. The molecule has 8 heteroatoms. The van der Waals surface area contributed by atoms with E-state index in [9.17, 15) is 24.8 Å². The van der Waals surface area contributed by atoms with Crippen LogP contribution in [0.3, 0.4) is 0 Å². The molecule has 8 nitrogen and oxygen atoms in total. The van der Waals surface area contributed by atoms with Crippen molar-refractivity contribution in [1.82, 2.24) is 4.90 Å². The first-order valence-corrected chi connectivity index (χ1v) is 9.49. The highest BCUT2D eigenvalue weighted by atomic mass is 16.6. The van der Waals surface area contributed by atoms with Crippen LogP contribution in [0.2, 0.25) is 0 Å². The van der Waals surface area contributed by atoms with E-state index in [1.165, 1.54) is 35.4 Å². The number of ketones is 1. The average molecular weight is 418 g/mol. The lowest BCUT2D eigenvalue weighted by atomic mass is 9.94. The molecule has 2 heterocycles. The first-order valence-electron chi connectivity index (χ1n) is 9.49. The summed E-state index contributed by atoms with van der Waals surface area (Å²) in [6.45, 7) is 1.94. The van der Waals surface area contributed by atoms with E-state index in [-0.39, 0.29) is 23.4 Å². The lowest BCUT2D eigenvalue weighted by Crippen LogP contribution is -2.29. The summed E-state index contributed by atoms with van der Waals surface area (Å²) < 4.78 is 5.35. The summed E-state index contributed by atoms with van der Waals surface area (Å²) >= 11 is 0. The molecule has 0 radical (unpaired) electrons. The summed E-state index contributed by atoms with van der Waals surface area (Å²) in [5.41, 5.74) is 1.35. The van der Waals surface area contributed by atoms with Crippen LogP contribution in [0.25, 0.3) is 5.76 Å². The maximum Gasteiger partial charge on any atom is 0.296 e. The molecule has 1 aliphatic rings. The van der Waals surface area contributed by atoms with Gasteiger partial charge < -0.3 is 14.4 Å². The van der Waals surface area contributed by atoms with Gasteiger partial charge in [-0.15, -0.1) is 0 Å². The molecule has 0 aliphatic carbocycles. The van der Waals surface area contributed by atoms with Crippen molar-refractivity contribution in [2.45, 2.75) is 19.5 Å². The van der Waals surface area contributed by atoms with E-state index in [1.54, 1.807) is 24.3 Å². The molecular weight excluding hydrogens is 400 g/mol. The van der Waals surface area contributed by atoms with Crippen LogP contribution in [-0.4, -0.2) is 26.6 Å². The Hall–Kier alpha value is -4.20. The van der Waals surface area contributed by atoms with Gasteiger partial charge in [-0.05, 0) is 24.6 Å². The van der Waals surface area contributed by atoms with Crippen molar-refractivity contribution in [1.29, 1.82) is 0 Å². The number of Topliss-reactive ketones (excluding diaryl/α,β-unsaturated/α-hetero) is 1. The predicted octanol–water partition coefficient (Wildman–Crippen LogP) is 4.12. The van der Waals surface area contributed by atoms with Gasteiger partial charge in [-0.25, -0.2) is 0 Å². The molecule has 1 N–H and O–H groups in total. The van der Waals surface area contributed by atoms with Gasteiger partial charge in [-0.2, -0.15) is 0 Å². The van der Waals surface area contributed by atoms with Crippen LogP contribution in [-0.2, 0) is 16.1 Å². The number of amides is 1. The third-order valence-electron chi connectivity index (χ3n) is 5.17. The second kappa shape index (κ2) is 7.91. The maximum atomic E-state index is 13.0. The Balaban J connectivity index is 1.87. The Bertz CT molecular complexity index is 1200. The van der Waals surface area contributed by atoms with Crippen LogP contribution in [0.15, 0.2) is 76.9 Å². The number of aryl methyl sites for hydroxylation is 1. The smallest absolute Gasteiger partial charge is 0.296 e. The number of hydrogen-bond acceptors (Lipinski definition) is 6. The molecule has 0 spiro atoms. The predicted molar refractivity (Wildman–Crippen MR) is 111 cm³/mol. The summed E-state index contributed by atoms with van der Waals surface area (Å²) in [5.74, 6) is -1.63. The highest BCUT2D eigenvalue weighted by Gasteiger charge is 2.46. The minimum atomic E-state index is -0.870. The molecule has 1 atom stereocenters. The van der Waals surface area contributed by atoms with Gasteiger partial charge in [-0.1, -0.05) is 42.0 Å². The lowest BCUT2D eigenvalue weighted by molar-refractivity contribution is -0.384. The zero-order chi connectivity index (χ0) is 22.1. The minimum Gasteiger partial charge on any atom is -0.507 e. The standard InChI is InChI=1S/C23H18N2O6/c1-14-7-9-15(10-8-14)20-19(21(26)16-4-2-5-17(12-16)25(29)30)22(27)23(28)24(20)13-18-6-3-11-31-18/h2-12,20,26H,13H2,1H3/b21-19+/t20-/m1/s1. The fraction of sp³-hybridized carbons (Fsp3) is 0.130. The number of carbonyl (C=O) groups excluding carboxylic acids is 2. The molecule has 31 heavy (non-hydrogen) atoms. The quantitative estimate of drug-likeness (QED) is 0.219. The van der Waals surface area contributed by atoms with Gasteiger partial charge in [0.15, 0.2) is 0 Å². The minimum absolute atomic E-state index is 0.0296. The van der Waals surface area contributed by atoms with Crippen LogP contribution in [0.4, 0.5) is 5.69 Å². The first kappa shape index (κ1) is 20.1. The molecule has 1 saturated heterocycles. The molecule has 1 aromatic heterocycles. The van der Waals surface area contributed by atoms with Crippen LogP contribution >= 0.6 is 0 Å². The summed E-state index contributed by atoms with van der Waals surface area (Å²) in [6, 6.07) is 15.0. The zero-order valence-corrected chi connectivity index (χ0v) is 16.5. The van der Waals surface area contributed by atoms with Gasteiger partial charge in [0.25, 0.3) is 17.4 Å². The van der Waals surface area contributed by atoms with Crippen LogP contribution in [0.5, 0.6) is 0 Å². The fourth-order valence-electron chi connectivity index (χ4n) is 3.63. The summed E-state index contributed by atoms with van der Waals surface area (Å²) in [6.07, 6.45) is 1.47. The number of likely N-dealkylation sites (tertiary alicyclic amines) is 1. The van der Waals surface area contributed by atoms with E-state index in [4.69, 9.17) is 4.42 Å². The molecule has 1 aliphatic heterocycles. The van der Waals surface area contributed by atoms with E-state index in [2.05, 4.69) is 0 Å². The maximum absolute atomic E-state index is 13.0. The van der Waals surface area contributed by atoms with Crippen molar-refractivity contribution in [3.8, 4) is 0 Å². The molecule has 1 fully saturated rings. The number of nitro benzene ring substituents is 1. The van der Waals surface area contributed by atoms with Gasteiger partial charge in [0.05, 0.1) is 29.3 Å². The Kier molecular flexibility index (Phi) is 5.12. The van der Waals surface area contributed by atoms with Crippen molar-refractivity contribution >= 4 is 23.1 Å². The highest BCUT2D eigenvalue weighted by molar-refractivity contribution is 6.46. The van der Waals surface area contributed by atoms with E-state index >= 15 is 0 Å². The zero-order valence-electron chi connectivity index (χ0n) is 16.5. The monoisotopic (exact) mass is 418 g/mol. The Morgan fingerprint density at radius 1 is 1.13 bits per heavy atom. The first-order chi connectivity index (χ1) is 14.9. The number of carbonyl (C=O) groups is 2. The number of nitrogens with zero attached hydrogens (tertiary/aromatic N) is 2. The second-order valence-corrected chi connectivity index (χ2v) is 7.22. The molecule has 0 saturated carbocycles. The van der Waals surface area contributed by atoms with Gasteiger partial charge in [0.2, 0.25) is 0 Å². The normalized spacial score (nSPS) is 17.8. The van der Waals surface area contributed by atoms with Crippen molar-refractivity contribution in [3.05, 3.63) is 105 Å². The number of rotatable bonds is 5. The van der Waals surface area contributed by atoms with Crippen LogP contribution in [0, 0.1) is 17.0 Å². The molecular formula is C23H18N2O6. The van der Waals surface area contributed by atoms with Crippen molar-refractivity contribution in [2.24, 2.45) is 0 Å². The number of benzene rings is 2. The Labute approximate surface area is 177 Å². The molecule has 0 bridgehead atoms. The molecule has 156 valence electrons. The topological polar surface area (TPSA) is 114 Å². The average Bonchev–Trinajstić information content (AvgIpc) is 3.36. The number of aliphatic hydroxyl groups is 1. The number of nitro groups is 1. The third kappa shape index (κ3) is 3.71. The van der Waals surface area contributed by atoms with E-state index < -0.39 is 28.4 Å². The van der Waals surface area contributed by atoms with Crippen LogP contribution < -0.4 is 0 Å². The van der Waals surface area contributed by atoms with Crippen LogP contribution in [0.1, 0.15) is 28.5 Å². The van der Waals surface area contributed by atoms with Crippen molar-refractivity contribution in [3.63, 3.8) is 0 Å². The summed E-state index contributed by atoms with van der Waals surface area (Å²) in [7, 11) is 0. The molecule has 1 amide bonds. The largest absolute Gasteiger partial charge is 0.507 e. The number of furan rings is 1. The number of hydrogen-bond donors (Lipinski definition) is 1. The Morgan fingerprint density at radius 2 is 1.87 bits per heavy atom. The highest BCUT2D eigenvalue weighted by Crippen LogP contribution is 2.40. The van der Waals surface area contributed by atoms with E-state index in [0.29, 0.717) is 11.3 Å². The van der Waals surface area contributed by atoms with E-state index in [0.717, 1.165) is 5.56 Å². The molecule has 3 aromatic rings. The SMILES string of the molecule is Cc1ccc([C@@H]2/C(=C(\O)c3cccc([N+](=O)[O-])c3)C(=O)C(=O)N2Cc2ccco2)cc1. The van der Waals surface area contributed by atoms with E-state index in [1.807, 2.05) is 19.1 Å². The van der Waals surface area contributed by atoms with Gasteiger partial charge >= 0.3 is 0 Å². The summed E-state index contributed by atoms with van der Waals surface area (Å²) in [5, 5.41) is 22.1. The van der Waals surface area contributed by atoms with Gasteiger partial charge in [-0.3, -0.25) is 19.7 Å². The summed E-state index contributed by atoms with van der Waals surface area (Å²) in [4.78, 5) is 37.7. The molecule has 2 aromatic carbocycles. The van der Waals surface area contributed by atoms with Gasteiger partial charge in [0.1, 0.15) is 11.5 Å². The second-order valence-electron chi connectivity index (χ2n) is 7.22. The van der Waals surface area contributed by atoms with Crippen molar-refractivity contribution in [2.75, 3.05) is 0 Å².